The molecule has 5 nitrogen and oxygen atoms in total. The summed E-state index contributed by atoms with van der Waals surface area (Å²) in [6, 6.07) is -0.0345. The van der Waals surface area contributed by atoms with Crippen LogP contribution in [0.4, 0.5) is 4.79 Å². The summed E-state index contributed by atoms with van der Waals surface area (Å²) in [5.41, 5.74) is 0. The van der Waals surface area contributed by atoms with E-state index in [9.17, 15) is 9.59 Å². The fourth-order valence-corrected chi connectivity index (χ4v) is 3.73. The highest BCUT2D eigenvalue weighted by atomic mass is 32.2. The lowest BCUT2D eigenvalue weighted by Gasteiger charge is -2.22. The number of hydrogen-bond acceptors (Lipinski definition) is 3. The number of rotatable bonds is 7. The zero-order chi connectivity index (χ0) is 15.1. The monoisotopic (exact) mass is 302 g/mol. The lowest BCUT2D eigenvalue weighted by molar-refractivity contribution is -0.142. The van der Waals surface area contributed by atoms with Crippen molar-refractivity contribution in [3.63, 3.8) is 0 Å². The number of carbonyl (C=O) groups is 2. The van der Waals surface area contributed by atoms with Crippen LogP contribution in [0.3, 0.4) is 0 Å². The van der Waals surface area contributed by atoms with Crippen LogP contribution in [0.1, 0.15) is 40.0 Å². The largest absolute Gasteiger partial charge is 0.481 e. The average molecular weight is 302 g/mol. The molecule has 0 saturated heterocycles. The molecule has 3 atom stereocenters. The van der Waals surface area contributed by atoms with Gasteiger partial charge in [0.15, 0.2) is 0 Å². The maximum absolute atomic E-state index is 11.9. The highest BCUT2D eigenvalue weighted by Gasteiger charge is 2.29. The summed E-state index contributed by atoms with van der Waals surface area (Å²) in [4.78, 5) is 22.9. The van der Waals surface area contributed by atoms with Gasteiger partial charge in [-0.1, -0.05) is 27.2 Å². The van der Waals surface area contributed by atoms with Gasteiger partial charge in [-0.15, -0.1) is 0 Å². The first-order valence-corrected chi connectivity index (χ1v) is 8.39. The third kappa shape index (κ3) is 5.23. The number of carboxylic acids is 1. The quantitative estimate of drug-likeness (QED) is 0.674. The smallest absolute Gasteiger partial charge is 0.315 e. The number of thioether (sulfide) groups is 1. The molecule has 0 heterocycles. The van der Waals surface area contributed by atoms with Crippen molar-refractivity contribution >= 4 is 23.8 Å². The third-order valence-electron chi connectivity index (χ3n) is 3.75. The lowest BCUT2D eigenvalue weighted by Crippen LogP contribution is -2.47. The topological polar surface area (TPSA) is 78.4 Å². The molecule has 3 N–H and O–H groups in total. The third-order valence-corrected chi connectivity index (χ3v) is 5.08. The summed E-state index contributed by atoms with van der Waals surface area (Å²) in [6.45, 7) is 6.00. The summed E-state index contributed by atoms with van der Waals surface area (Å²) >= 11 is 1.89. The first-order valence-electron chi connectivity index (χ1n) is 7.34. The average Bonchev–Trinajstić information content (AvgIpc) is 2.76. The Morgan fingerprint density at radius 2 is 2.05 bits per heavy atom. The van der Waals surface area contributed by atoms with Crippen LogP contribution in [0.2, 0.25) is 0 Å². The predicted octanol–water partition coefficient (Wildman–Crippen LogP) is 2.32. The van der Waals surface area contributed by atoms with Crippen molar-refractivity contribution < 1.29 is 14.7 Å². The van der Waals surface area contributed by atoms with Gasteiger partial charge in [0.05, 0.1) is 5.92 Å². The Hall–Kier alpha value is -0.910. The van der Waals surface area contributed by atoms with Crippen molar-refractivity contribution in [2.45, 2.75) is 51.3 Å². The van der Waals surface area contributed by atoms with Gasteiger partial charge in [-0.25, -0.2) is 4.79 Å². The zero-order valence-electron chi connectivity index (χ0n) is 12.5. The number of aliphatic carboxylic acids is 1. The number of nitrogens with one attached hydrogen (secondary N) is 2. The summed E-state index contributed by atoms with van der Waals surface area (Å²) in [7, 11) is 0. The van der Waals surface area contributed by atoms with E-state index in [-0.39, 0.29) is 24.5 Å². The Bertz CT molecular complexity index is 336. The van der Waals surface area contributed by atoms with Crippen LogP contribution in [0.5, 0.6) is 0 Å². The van der Waals surface area contributed by atoms with Gasteiger partial charge in [0.25, 0.3) is 0 Å². The van der Waals surface area contributed by atoms with Crippen LogP contribution in [0, 0.1) is 11.8 Å². The summed E-state index contributed by atoms with van der Waals surface area (Å²) in [6.07, 6.45) is 3.30. The van der Waals surface area contributed by atoms with Crippen molar-refractivity contribution in [2.24, 2.45) is 11.8 Å². The van der Waals surface area contributed by atoms with Crippen molar-refractivity contribution in [1.82, 2.24) is 10.6 Å². The fraction of sp³-hybridized carbons (Fsp3) is 0.857. The van der Waals surface area contributed by atoms with Gasteiger partial charge in [0.2, 0.25) is 0 Å². The second-order valence-corrected chi connectivity index (χ2v) is 7.09. The molecule has 0 aromatic rings. The van der Waals surface area contributed by atoms with Gasteiger partial charge in [-0.2, -0.15) is 11.8 Å². The van der Waals surface area contributed by atoms with Crippen molar-refractivity contribution in [3.8, 4) is 0 Å². The van der Waals surface area contributed by atoms with Crippen LogP contribution < -0.4 is 10.6 Å². The van der Waals surface area contributed by atoms with E-state index in [4.69, 9.17) is 5.11 Å². The van der Waals surface area contributed by atoms with Gasteiger partial charge in [0.1, 0.15) is 0 Å². The Kier molecular flexibility index (Phi) is 7.19. The van der Waals surface area contributed by atoms with E-state index >= 15 is 0 Å². The number of urea groups is 1. The second kappa shape index (κ2) is 8.39. The predicted molar refractivity (Wildman–Crippen MR) is 82.1 cm³/mol. The van der Waals surface area contributed by atoms with Crippen LogP contribution in [-0.4, -0.2) is 40.7 Å². The molecule has 0 aromatic heterocycles. The number of carboxylic acid groups (broad SMARTS) is 1. The second-order valence-electron chi connectivity index (χ2n) is 5.57. The molecular weight excluding hydrogens is 276 g/mol. The molecule has 2 amide bonds. The van der Waals surface area contributed by atoms with Crippen LogP contribution in [0.15, 0.2) is 0 Å². The van der Waals surface area contributed by atoms with E-state index in [1.807, 2.05) is 25.6 Å². The standard InChI is InChI=1S/C14H26N2O3S/c1-4-20-12-7-5-6-11(12)16-14(19)15-8-10(9(2)3)13(17)18/h9-12H,4-8H2,1-3H3,(H,17,18)(H2,15,16,19). The van der Waals surface area contributed by atoms with Crippen LogP contribution in [0.25, 0.3) is 0 Å². The highest BCUT2D eigenvalue weighted by Crippen LogP contribution is 2.29. The molecule has 0 spiro atoms. The molecule has 1 fully saturated rings. The molecule has 0 aromatic carbocycles. The molecule has 6 heteroatoms. The summed E-state index contributed by atoms with van der Waals surface area (Å²) in [5, 5.41) is 15.2. The fourth-order valence-electron chi connectivity index (χ4n) is 2.53. The molecule has 20 heavy (non-hydrogen) atoms. The molecular formula is C14H26N2O3S. The lowest BCUT2D eigenvalue weighted by atomic mass is 9.96. The van der Waals surface area contributed by atoms with E-state index in [1.54, 1.807) is 0 Å². The minimum atomic E-state index is -0.861. The zero-order valence-corrected chi connectivity index (χ0v) is 13.3. The Morgan fingerprint density at radius 3 is 2.60 bits per heavy atom. The highest BCUT2D eigenvalue weighted by molar-refractivity contribution is 7.99. The van der Waals surface area contributed by atoms with Gasteiger partial charge in [-0.3, -0.25) is 4.79 Å². The first-order chi connectivity index (χ1) is 9.45. The molecule has 0 bridgehead atoms. The van der Waals surface area contributed by atoms with Gasteiger partial charge in [-0.05, 0) is 24.5 Å². The van der Waals surface area contributed by atoms with Crippen LogP contribution >= 0.6 is 11.8 Å². The van der Waals surface area contributed by atoms with Crippen molar-refractivity contribution in [1.29, 1.82) is 0 Å². The molecule has 0 aliphatic heterocycles. The number of amides is 2. The van der Waals surface area contributed by atoms with E-state index in [0.29, 0.717) is 5.25 Å². The van der Waals surface area contributed by atoms with E-state index in [1.165, 1.54) is 0 Å². The summed E-state index contributed by atoms with van der Waals surface area (Å²) < 4.78 is 0. The maximum Gasteiger partial charge on any atom is 0.315 e. The Balaban J connectivity index is 2.37. The molecule has 3 unspecified atom stereocenters. The normalized spacial score (nSPS) is 23.6. The number of carbonyl (C=O) groups excluding carboxylic acids is 1. The maximum atomic E-state index is 11.9. The van der Waals surface area contributed by atoms with E-state index < -0.39 is 11.9 Å². The van der Waals surface area contributed by atoms with Gasteiger partial charge >= 0.3 is 12.0 Å². The molecule has 1 rings (SSSR count). The van der Waals surface area contributed by atoms with E-state index in [2.05, 4.69) is 17.6 Å². The minimum Gasteiger partial charge on any atom is -0.481 e. The Morgan fingerprint density at radius 1 is 1.35 bits per heavy atom. The minimum absolute atomic E-state index is 0.00248. The molecule has 116 valence electrons. The van der Waals surface area contributed by atoms with Gasteiger partial charge < -0.3 is 15.7 Å². The molecule has 0 radical (unpaired) electrons. The van der Waals surface area contributed by atoms with Gasteiger partial charge in [0, 0.05) is 17.8 Å². The first kappa shape index (κ1) is 17.1. The SMILES string of the molecule is CCSC1CCCC1NC(=O)NCC(C(=O)O)C(C)C. The van der Waals surface area contributed by atoms with Crippen LogP contribution in [-0.2, 0) is 4.79 Å². The molecule has 1 aliphatic rings. The molecule has 1 saturated carbocycles. The summed E-state index contributed by atoms with van der Waals surface area (Å²) in [5.74, 6) is -0.341. The van der Waals surface area contributed by atoms with Crippen molar-refractivity contribution in [2.75, 3.05) is 12.3 Å². The van der Waals surface area contributed by atoms with Crippen molar-refractivity contribution in [3.05, 3.63) is 0 Å². The Labute approximate surface area is 125 Å². The van der Waals surface area contributed by atoms with E-state index in [0.717, 1.165) is 25.0 Å². The molecule has 1 aliphatic carbocycles. The number of hydrogen-bond donors (Lipinski definition) is 3.